The normalized spacial score (nSPS) is 15.2. The van der Waals surface area contributed by atoms with Gasteiger partial charge in [0.05, 0.1) is 15.1 Å². The Labute approximate surface area is 190 Å². The highest BCUT2D eigenvalue weighted by atomic mass is 32.2. The fourth-order valence-corrected chi connectivity index (χ4v) is 5.35. The smallest absolute Gasteiger partial charge is 0.274 e. The molecule has 32 heavy (non-hydrogen) atoms. The molecule has 4 aromatic rings. The Balaban J connectivity index is 1.27. The number of ether oxygens (including phenoxy) is 1. The summed E-state index contributed by atoms with van der Waals surface area (Å²) in [7, 11) is -3.20. The molecule has 0 bridgehead atoms. The monoisotopic (exact) mass is 466 g/mol. The van der Waals surface area contributed by atoms with E-state index in [1.165, 1.54) is 17.6 Å². The first-order valence-corrected chi connectivity index (χ1v) is 13.1. The molecule has 0 atom stereocenters. The SMILES string of the molecule is CS(=O)(=O)c1ccc(-c2ccc3nc(OC4CCN(c5ncccn5)CC4)sc3c2)cc1. The molecule has 1 aliphatic rings. The van der Waals surface area contributed by atoms with Crippen LogP contribution in [0.2, 0.25) is 0 Å². The van der Waals surface area contributed by atoms with Crippen LogP contribution in [0.3, 0.4) is 0 Å². The molecule has 2 aromatic carbocycles. The first-order chi connectivity index (χ1) is 15.5. The molecule has 3 heterocycles. The number of hydrogen-bond donors (Lipinski definition) is 0. The molecule has 0 saturated carbocycles. The lowest BCUT2D eigenvalue weighted by Crippen LogP contribution is -2.39. The Kier molecular flexibility index (Phi) is 5.52. The number of rotatable bonds is 5. The number of hydrogen-bond acceptors (Lipinski definition) is 8. The van der Waals surface area contributed by atoms with E-state index in [4.69, 9.17) is 4.74 Å². The van der Waals surface area contributed by atoms with Gasteiger partial charge in [-0.2, -0.15) is 0 Å². The molecule has 0 radical (unpaired) electrons. The lowest BCUT2D eigenvalue weighted by molar-refractivity contribution is 0.170. The summed E-state index contributed by atoms with van der Waals surface area (Å²) in [6.07, 6.45) is 6.66. The summed E-state index contributed by atoms with van der Waals surface area (Å²) in [6.45, 7) is 1.71. The van der Waals surface area contributed by atoms with Gasteiger partial charge in [-0.3, -0.25) is 0 Å². The molecule has 1 fully saturated rings. The molecule has 1 saturated heterocycles. The Morgan fingerprint density at radius 3 is 2.38 bits per heavy atom. The van der Waals surface area contributed by atoms with Crippen molar-refractivity contribution < 1.29 is 13.2 Å². The molecule has 0 spiro atoms. The van der Waals surface area contributed by atoms with Crippen molar-refractivity contribution in [1.82, 2.24) is 15.0 Å². The van der Waals surface area contributed by atoms with Crippen molar-refractivity contribution >= 4 is 37.3 Å². The second kappa shape index (κ2) is 8.48. The van der Waals surface area contributed by atoms with E-state index in [0.29, 0.717) is 10.1 Å². The van der Waals surface area contributed by atoms with Crippen molar-refractivity contribution in [2.24, 2.45) is 0 Å². The molecule has 164 valence electrons. The summed E-state index contributed by atoms with van der Waals surface area (Å²) in [5.41, 5.74) is 2.88. The molecule has 1 aliphatic heterocycles. The van der Waals surface area contributed by atoms with Gasteiger partial charge in [0.2, 0.25) is 5.95 Å². The van der Waals surface area contributed by atoms with Crippen molar-refractivity contribution in [3.8, 4) is 16.3 Å². The van der Waals surface area contributed by atoms with E-state index in [1.807, 2.05) is 30.3 Å². The van der Waals surface area contributed by atoms with Crippen LogP contribution in [-0.2, 0) is 9.84 Å². The van der Waals surface area contributed by atoms with Gasteiger partial charge in [0.15, 0.2) is 9.84 Å². The Morgan fingerprint density at radius 1 is 1.00 bits per heavy atom. The Morgan fingerprint density at radius 2 is 1.69 bits per heavy atom. The predicted octanol–water partition coefficient (Wildman–Crippen LogP) is 4.20. The molecular weight excluding hydrogens is 444 g/mol. The average Bonchev–Trinajstić information content (AvgIpc) is 3.21. The van der Waals surface area contributed by atoms with Crippen LogP contribution < -0.4 is 9.64 Å². The third-order valence-corrected chi connectivity index (χ3v) is 7.57. The van der Waals surface area contributed by atoms with E-state index in [2.05, 4.69) is 25.9 Å². The minimum absolute atomic E-state index is 0.124. The van der Waals surface area contributed by atoms with Crippen molar-refractivity contribution in [2.45, 2.75) is 23.8 Å². The summed E-state index contributed by atoms with van der Waals surface area (Å²) in [5.74, 6) is 0.767. The van der Waals surface area contributed by atoms with E-state index < -0.39 is 9.84 Å². The van der Waals surface area contributed by atoms with Gasteiger partial charge in [-0.25, -0.2) is 23.4 Å². The number of thiazole rings is 1. The second-order valence-electron chi connectivity index (χ2n) is 7.81. The van der Waals surface area contributed by atoms with Gasteiger partial charge in [-0.05, 0) is 41.5 Å². The number of piperidine rings is 1. The number of benzene rings is 2. The topological polar surface area (TPSA) is 85.3 Å². The largest absolute Gasteiger partial charge is 0.467 e. The summed E-state index contributed by atoms with van der Waals surface area (Å²) >= 11 is 1.54. The number of anilines is 1. The molecule has 7 nitrogen and oxygen atoms in total. The van der Waals surface area contributed by atoms with Crippen LogP contribution in [0.5, 0.6) is 5.19 Å². The first kappa shape index (κ1) is 20.8. The third-order valence-electron chi connectivity index (χ3n) is 5.53. The summed E-state index contributed by atoms with van der Waals surface area (Å²) in [6, 6.07) is 14.8. The van der Waals surface area contributed by atoms with Crippen LogP contribution in [0.15, 0.2) is 65.8 Å². The lowest BCUT2D eigenvalue weighted by Gasteiger charge is -2.31. The first-order valence-electron chi connectivity index (χ1n) is 10.4. The molecule has 9 heteroatoms. The molecule has 0 amide bonds. The van der Waals surface area contributed by atoms with E-state index in [0.717, 1.165) is 53.2 Å². The minimum Gasteiger partial charge on any atom is -0.467 e. The highest BCUT2D eigenvalue weighted by molar-refractivity contribution is 7.90. The van der Waals surface area contributed by atoms with Gasteiger partial charge in [-0.15, -0.1) is 0 Å². The quantitative estimate of drug-likeness (QED) is 0.436. The minimum atomic E-state index is -3.20. The van der Waals surface area contributed by atoms with E-state index in [-0.39, 0.29) is 6.10 Å². The van der Waals surface area contributed by atoms with Gasteiger partial charge < -0.3 is 9.64 Å². The van der Waals surface area contributed by atoms with Crippen LogP contribution in [0, 0.1) is 0 Å². The summed E-state index contributed by atoms with van der Waals surface area (Å²) in [5, 5.41) is 0.680. The molecule has 2 aromatic heterocycles. The van der Waals surface area contributed by atoms with Gasteiger partial charge >= 0.3 is 0 Å². The maximum absolute atomic E-state index is 11.7. The van der Waals surface area contributed by atoms with Crippen molar-refractivity contribution in [2.75, 3.05) is 24.2 Å². The zero-order valence-electron chi connectivity index (χ0n) is 17.5. The third kappa shape index (κ3) is 4.44. The van der Waals surface area contributed by atoms with Gasteiger partial charge in [-0.1, -0.05) is 29.5 Å². The van der Waals surface area contributed by atoms with E-state index in [1.54, 1.807) is 24.5 Å². The van der Waals surface area contributed by atoms with Crippen LogP contribution >= 0.6 is 11.3 Å². The predicted molar refractivity (Wildman–Crippen MR) is 126 cm³/mol. The van der Waals surface area contributed by atoms with Gasteiger partial charge in [0.25, 0.3) is 5.19 Å². The fourth-order valence-electron chi connectivity index (χ4n) is 3.80. The van der Waals surface area contributed by atoms with Gasteiger partial charge in [0, 0.05) is 44.6 Å². The van der Waals surface area contributed by atoms with Crippen molar-refractivity contribution in [3.05, 3.63) is 60.9 Å². The molecule has 0 N–H and O–H groups in total. The van der Waals surface area contributed by atoms with E-state index >= 15 is 0 Å². The number of aromatic nitrogens is 3. The zero-order chi connectivity index (χ0) is 22.1. The highest BCUT2D eigenvalue weighted by Gasteiger charge is 2.23. The van der Waals surface area contributed by atoms with Crippen LogP contribution in [0.25, 0.3) is 21.3 Å². The average molecular weight is 467 g/mol. The summed E-state index contributed by atoms with van der Waals surface area (Å²) < 4.78 is 30.6. The van der Waals surface area contributed by atoms with Crippen molar-refractivity contribution in [1.29, 1.82) is 0 Å². The Hall–Kier alpha value is -3.04. The molecular formula is C23H22N4O3S2. The van der Waals surface area contributed by atoms with E-state index in [9.17, 15) is 8.42 Å². The second-order valence-corrected chi connectivity index (χ2v) is 10.8. The standard InChI is InChI=1S/C23H22N4O3S2/c1-32(28,29)19-6-3-16(4-7-19)17-5-8-20-21(15-17)31-23(26-20)30-18-9-13-27(14-10-18)22-24-11-2-12-25-22/h2-8,11-12,15,18H,9-10,13-14H2,1H3. The molecule has 0 aliphatic carbocycles. The maximum atomic E-state index is 11.7. The van der Waals surface area contributed by atoms with Crippen LogP contribution in [0.1, 0.15) is 12.8 Å². The zero-order valence-corrected chi connectivity index (χ0v) is 19.1. The fraction of sp³-hybridized carbons (Fsp3) is 0.261. The van der Waals surface area contributed by atoms with Crippen molar-refractivity contribution in [3.63, 3.8) is 0 Å². The van der Waals surface area contributed by atoms with Crippen LogP contribution in [-0.4, -0.2) is 48.8 Å². The summed E-state index contributed by atoms with van der Waals surface area (Å²) in [4.78, 5) is 15.8. The number of nitrogens with zero attached hydrogens (tertiary/aromatic N) is 4. The lowest BCUT2D eigenvalue weighted by atomic mass is 10.1. The number of sulfone groups is 1. The Bertz CT molecular complexity index is 1330. The van der Waals surface area contributed by atoms with Gasteiger partial charge in [0.1, 0.15) is 6.10 Å². The number of fused-ring (bicyclic) bond motifs is 1. The molecule has 5 rings (SSSR count). The molecule has 0 unspecified atom stereocenters. The maximum Gasteiger partial charge on any atom is 0.274 e. The van der Waals surface area contributed by atoms with Crippen LogP contribution in [0.4, 0.5) is 5.95 Å². The highest BCUT2D eigenvalue weighted by Crippen LogP contribution is 2.33.